The van der Waals surface area contributed by atoms with E-state index in [0.717, 1.165) is 11.3 Å². The lowest BCUT2D eigenvalue weighted by atomic mass is 10.1. The van der Waals surface area contributed by atoms with E-state index in [1.807, 2.05) is 42.5 Å². The quantitative estimate of drug-likeness (QED) is 0.496. The molecule has 9 heteroatoms. The number of aliphatic hydroxyl groups is 1. The molecule has 2 unspecified atom stereocenters. The van der Waals surface area contributed by atoms with E-state index in [-0.39, 0.29) is 25.0 Å². The normalized spacial score (nSPS) is 15.2. The van der Waals surface area contributed by atoms with Crippen LogP contribution in [0.15, 0.2) is 54.6 Å². The number of rotatable bonds is 10. The van der Waals surface area contributed by atoms with E-state index in [0.29, 0.717) is 51.6 Å². The molecular weight excluding hydrogens is 434 g/mol. The Bertz CT molecular complexity index is 788. The number of morpholine rings is 1. The second kappa shape index (κ2) is 13.8. The zero-order valence-corrected chi connectivity index (χ0v) is 18.8. The monoisotopic (exact) mass is 465 g/mol. The third-order valence-corrected chi connectivity index (χ3v) is 5.04. The van der Waals surface area contributed by atoms with Crippen molar-refractivity contribution in [3.63, 3.8) is 0 Å². The number of nitrogens with two attached hydrogens (primary N) is 1. The Kier molecular flexibility index (Phi) is 11.1. The highest BCUT2D eigenvalue weighted by atomic mass is 35.5. The summed E-state index contributed by atoms with van der Waals surface area (Å²) in [5.41, 5.74) is 7.13. The summed E-state index contributed by atoms with van der Waals surface area (Å²) in [6.07, 6.45) is -0.387. The molecule has 0 aromatic heterocycles. The number of carbonyl (C=O) groups is 1. The fraction of sp³-hybridized carbons (Fsp3) is 0.435. The van der Waals surface area contributed by atoms with Gasteiger partial charge in [0, 0.05) is 25.7 Å². The summed E-state index contributed by atoms with van der Waals surface area (Å²) < 4.78 is 16.6. The van der Waals surface area contributed by atoms with Crippen LogP contribution in [0, 0.1) is 0 Å². The van der Waals surface area contributed by atoms with Crippen molar-refractivity contribution >= 4 is 18.4 Å². The fourth-order valence-electron chi connectivity index (χ4n) is 3.09. The summed E-state index contributed by atoms with van der Waals surface area (Å²) in [7, 11) is 0. The Morgan fingerprint density at radius 2 is 1.69 bits per heavy atom. The molecular formula is C23H32ClN3O5. The minimum absolute atomic E-state index is 0. The highest BCUT2D eigenvalue weighted by Gasteiger charge is 2.19. The van der Waals surface area contributed by atoms with Gasteiger partial charge >= 0.3 is 6.03 Å². The second-order valence-electron chi connectivity index (χ2n) is 7.41. The summed E-state index contributed by atoms with van der Waals surface area (Å²) in [4.78, 5) is 13.7. The third-order valence-electron chi connectivity index (χ3n) is 5.04. The predicted octanol–water partition coefficient (Wildman–Crippen LogP) is 2.19. The molecule has 3 rings (SSSR count). The van der Waals surface area contributed by atoms with Gasteiger partial charge in [0.15, 0.2) is 0 Å². The molecule has 1 aliphatic heterocycles. The number of nitrogens with zero attached hydrogens (tertiary/aromatic N) is 1. The molecule has 1 heterocycles. The van der Waals surface area contributed by atoms with E-state index >= 15 is 0 Å². The number of nitrogens with one attached hydrogen (secondary N) is 1. The zero-order chi connectivity index (χ0) is 21.9. The largest absolute Gasteiger partial charge is 0.491 e. The number of amides is 2. The van der Waals surface area contributed by atoms with Crippen LogP contribution in [-0.4, -0.2) is 67.6 Å². The molecule has 8 nitrogen and oxygen atoms in total. The van der Waals surface area contributed by atoms with E-state index in [4.69, 9.17) is 19.9 Å². The highest BCUT2D eigenvalue weighted by Crippen LogP contribution is 2.19. The number of aliphatic hydroxyl groups excluding tert-OH is 1. The maximum atomic E-state index is 12.0. The molecule has 0 spiro atoms. The predicted molar refractivity (Wildman–Crippen MR) is 124 cm³/mol. The van der Waals surface area contributed by atoms with Crippen LogP contribution < -0.4 is 20.5 Å². The maximum absolute atomic E-state index is 12.0. The highest BCUT2D eigenvalue weighted by molar-refractivity contribution is 5.85. The van der Waals surface area contributed by atoms with Crippen LogP contribution in [0.25, 0.3) is 0 Å². The van der Waals surface area contributed by atoms with Crippen molar-refractivity contribution in [1.82, 2.24) is 10.2 Å². The van der Waals surface area contributed by atoms with Gasteiger partial charge in [-0.15, -0.1) is 12.4 Å². The van der Waals surface area contributed by atoms with Gasteiger partial charge < -0.3 is 35.3 Å². The van der Waals surface area contributed by atoms with Crippen LogP contribution in [0.2, 0.25) is 0 Å². The molecule has 1 fully saturated rings. The van der Waals surface area contributed by atoms with Crippen LogP contribution in [0.3, 0.4) is 0 Å². The fourth-order valence-corrected chi connectivity index (χ4v) is 3.09. The van der Waals surface area contributed by atoms with Gasteiger partial charge in [0.25, 0.3) is 0 Å². The molecule has 2 amide bonds. The molecule has 2 aromatic carbocycles. The summed E-state index contributed by atoms with van der Waals surface area (Å²) in [5.74, 6) is 1.36. The van der Waals surface area contributed by atoms with E-state index in [2.05, 4.69) is 5.32 Å². The molecule has 2 aromatic rings. The number of ether oxygens (including phenoxy) is 3. The van der Waals surface area contributed by atoms with Gasteiger partial charge in [-0.05, 0) is 36.2 Å². The maximum Gasteiger partial charge on any atom is 0.317 e. The van der Waals surface area contributed by atoms with Crippen molar-refractivity contribution in [3.8, 4) is 11.5 Å². The van der Waals surface area contributed by atoms with Crippen LogP contribution in [0.1, 0.15) is 12.0 Å². The van der Waals surface area contributed by atoms with E-state index in [9.17, 15) is 9.90 Å². The molecule has 176 valence electrons. The SMILES string of the molecule is Cl.NC(CCNC(=O)N1CCOCC1)C(O)COc1ccc(OCc2ccccc2)cc1. The van der Waals surface area contributed by atoms with Gasteiger partial charge in [-0.1, -0.05) is 30.3 Å². The first-order valence-electron chi connectivity index (χ1n) is 10.6. The van der Waals surface area contributed by atoms with Gasteiger partial charge in [0.05, 0.1) is 13.2 Å². The lowest BCUT2D eigenvalue weighted by Gasteiger charge is -2.27. The Morgan fingerprint density at radius 3 is 2.34 bits per heavy atom. The van der Waals surface area contributed by atoms with Crippen LogP contribution >= 0.6 is 12.4 Å². The van der Waals surface area contributed by atoms with Gasteiger partial charge in [-0.25, -0.2) is 4.79 Å². The van der Waals surface area contributed by atoms with E-state index in [1.165, 1.54) is 0 Å². The summed E-state index contributed by atoms with van der Waals surface area (Å²) in [6, 6.07) is 16.5. The lowest BCUT2D eigenvalue weighted by Crippen LogP contribution is -2.47. The van der Waals surface area contributed by atoms with Crippen molar-refractivity contribution < 1.29 is 24.1 Å². The first kappa shape index (κ1) is 25.7. The van der Waals surface area contributed by atoms with E-state index < -0.39 is 12.1 Å². The summed E-state index contributed by atoms with van der Waals surface area (Å²) in [5, 5.41) is 13.1. The Hall–Kier alpha value is -2.52. The smallest absolute Gasteiger partial charge is 0.317 e. The molecule has 2 atom stereocenters. The average molecular weight is 466 g/mol. The van der Waals surface area contributed by atoms with Crippen molar-refractivity contribution in [2.75, 3.05) is 39.5 Å². The number of hydrogen-bond acceptors (Lipinski definition) is 6. The van der Waals surface area contributed by atoms with Gasteiger partial charge in [-0.2, -0.15) is 0 Å². The summed E-state index contributed by atoms with van der Waals surface area (Å²) >= 11 is 0. The van der Waals surface area contributed by atoms with Gasteiger partial charge in [-0.3, -0.25) is 0 Å². The molecule has 32 heavy (non-hydrogen) atoms. The average Bonchev–Trinajstić information content (AvgIpc) is 2.83. The first-order valence-corrected chi connectivity index (χ1v) is 10.6. The lowest BCUT2D eigenvalue weighted by molar-refractivity contribution is 0.0528. The number of urea groups is 1. The zero-order valence-electron chi connectivity index (χ0n) is 18.0. The topological polar surface area (TPSA) is 106 Å². The van der Waals surface area contributed by atoms with Crippen molar-refractivity contribution in [2.24, 2.45) is 5.73 Å². The summed E-state index contributed by atoms with van der Waals surface area (Å²) in [6.45, 7) is 3.25. The van der Waals surface area contributed by atoms with Crippen LogP contribution in [0.5, 0.6) is 11.5 Å². The minimum Gasteiger partial charge on any atom is -0.491 e. The number of carbonyl (C=O) groups excluding carboxylic acids is 1. The van der Waals surface area contributed by atoms with E-state index in [1.54, 1.807) is 17.0 Å². The molecule has 0 saturated carbocycles. The van der Waals surface area contributed by atoms with Crippen LogP contribution in [-0.2, 0) is 11.3 Å². The van der Waals surface area contributed by atoms with Crippen molar-refractivity contribution in [3.05, 3.63) is 60.2 Å². The second-order valence-corrected chi connectivity index (χ2v) is 7.41. The number of hydrogen-bond donors (Lipinski definition) is 3. The first-order chi connectivity index (χ1) is 15.1. The standard InChI is InChI=1S/C23H31N3O5.ClH/c24-21(10-11-25-23(28)26-12-14-29-15-13-26)22(27)17-31-20-8-6-19(7-9-20)30-16-18-4-2-1-3-5-18;/h1-9,21-22,27H,10-17,24H2,(H,25,28);1H. The minimum atomic E-state index is -0.839. The Morgan fingerprint density at radius 1 is 1.06 bits per heavy atom. The number of halogens is 1. The molecule has 0 radical (unpaired) electrons. The number of benzene rings is 2. The molecule has 0 aliphatic carbocycles. The Balaban J connectivity index is 0.00000363. The molecule has 4 N–H and O–H groups in total. The van der Waals surface area contributed by atoms with Crippen LogP contribution in [0.4, 0.5) is 4.79 Å². The Labute approximate surface area is 195 Å². The van der Waals surface area contributed by atoms with Crippen molar-refractivity contribution in [1.29, 1.82) is 0 Å². The molecule has 1 saturated heterocycles. The third kappa shape index (κ3) is 8.55. The molecule has 1 aliphatic rings. The van der Waals surface area contributed by atoms with Gasteiger partial charge in [0.1, 0.15) is 30.8 Å². The van der Waals surface area contributed by atoms with Crippen molar-refractivity contribution in [2.45, 2.75) is 25.2 Å². The molecule has 0 bridgehead atoms. The van der Waals surface area contributed by atoms with Gasteiger partial charge in [0.2, 0.25) is 0 Å².